The van der Waals surface area contributed by atoms with E-state index in [1.165, 1.54) is 5.56 Å². The molecule has 1 saturated heterocycles. The molecule has 1 aromatic carbocycles. The van der Waals surface area contributed by atoms with Gasteiger partial charge in [0.1, 0.15) is 5.76 Å². The van der Waals surface area contributed by atoms with Crippen LogP contribution in [0.15, 0.2) is 52.1 Å². The van der Waals surface area contributed by atoms with E-state index in [2.05, 4.69) is 27.8 Å². The Labute approximate surface area is 159 Å². The summed E-state index contributed by atoms with van der Waals surface area (Å²) in [5.41, 5.74) is 1.26. The van der Waals surface area contributed by atoms with Crippen LogP contribution < -0.4 is 10.6 Å². The summed E-state index contributed by atoms with van der Waals surface area (Å²) in [4.78, 5) is 4.34. The van der Waals surface area contributed by atoms with Crippen LogP contribution in [-0.4, -0.2) is 39.3 Å². The second kappa shape index (κ2) is 9.10. The molecule has 2 aromatic rings. The number of halogens is 1. The van der Waals surface area contributed by atoms with Crippen molar-refractivity contribution in [1.29, 1.82) is 0 Å². The molecule has 0 radical (unpaired) electrons. The van der Waals surface area contributed by atoms with Crippen molar-refractivity contribution < 1.29 is 9.15 Å². The molecular formula is C20H26ClN3O2. The molecule has 0 bridgehead atoms. The van der Waals surface area contributed by atoms with Crippen LogP contribution in [0.3, 0.4) is 0 Å². The normalized spacial score (nSPS) is 17.1. The summed E-state index contributed by atoms with van der Waals surface area (Å²) in [5, 5.41) is 7.61. The van der Waals surface area contributed by atoms with Crippen LogP contribution in [0.4, 0.5) is 0 Å². The average molecular weight is 376 g/mol. The first kappa shape index (κ1) is 18.8. The lowest BCUT2D eigenvalue weighted by molar-refractivity contribution is 0.0514. The maximum Gasteiger partial charge on any atom is 0.191 e. The summed E-state index contributed by atoms with van der Waals surface area (Å²) in [7, 11) is 1.79. The smallest absolute Gasteiger partial charge is 0.191 e. The number of furan rings is 1. The van der Waals surface area contributed by atoms with Crippen molar-refractivity contribution in [1.82, 2.24) is 10.6 Å². The number of aliphatic imine (C=N–C) groups is 1. The molecule has 2 heterocycles. The molecule has 0 atom stereocenters. The Morgan fingerprint density at radius 2 is 2.04 bits per heavy atom. The van der Waals surface area contributed by atoms with Gasteiger partial charge < -0.3 is 19.8 Å². The van der Waals surface area contributed by atoms with Gasteiger partial charge in [-0.15, -0.1) is 0 Å². The molecule has 5 nitrogen and oxygen atoms in total. The molecule has 6 heteroatoms. The fourth-order valence-electron chi connectivity index (χ4n) is 3.38. The second-order valence-corrected chi connectivity index (χ2v) is 7.02. The summed E-state index contributed by atoms with van der Waals surface area (Å²) in [5.74, 6) is 1.76. The third-order valence-corrected chi connectivity index (χ3v) is 5.18. The monoisotopic (exact) mass is 375 g/mol. The minimum Gasteiger partial charge on any atom is -0.469 e. The van der Waals surface area contributed by atoms with E-state index in [1.807, 2.05) is 24.3 Å². The van der Waals surface area contributed by atoms with Gasteiger partial charge in [0.25, 0.3) is 0 Å². The van der Waals surface area contributed by atoms with Crippen molar-refractivity contribution in [3.8, 4) is 0 Å². The average Bonchev–Trinajstić information content (AvgIpc) is 3.19. The van der Waals surface area contributed by atoms with Crippen molar-refractivity contribution in [2.75, 3.05) is 33.4 Å². The van der Waals surface area contributed by atoms with Crippen molar-refractivity contribution >= 4 is 17.6 Å². The van der Waals surface area contributed by atoms with E-state index < -0.39 is 0 Å². The van der Waals surface area contributed by atoms with Crippen molar-refractivity contribution in [3.63, 3.8) is 0 Å². The topological polar surface area (TPSA) is 58.8 Å². The first-order valence-electron chi connectivity index (χ1n) is 9.03. The van der Waals surface area contributed by atoms with Gasteiger partial charge in [-0.25, -0.2) is 0 Å². The zero-order valence-electron chi connectivity index (χ0n) is 15.1. The maximum atomic E-state index is 6.24. The van der Waals surface area contributed by atoms with Gasteiger partial charge in [0.05, 0.1) is 6.26 Å². The Morgan fingerprint density at radius 3 is 2.73 bits per heavy atom. The van der Waals surface area contributed by atoms with E-state index in [0.717, 1.165) is 62.3 Å². The van der Waals surface area contributed by atoms with Crippen LogP contribution in [0.2, 0.25) is 5.02 Å². The number of hydrogen-bond donors (Lipinski definition) is 2. The minimum atomic E-state index is 0.00177. The highest BCUT2D eigenvalue weighted by Crippen LogP contribution is 2.35. The molecule has 0 aliphatic carbocycles. The summed E-state index contributed by atoms with van der Waals surface area (Å²) in [6.07, 6.45) is 4.44. The fourth-order valence-corrected chi connectivity index (χ4v) is 3.57. The summed E-state index contributed by atoms with van der Waals surface area (Å²) < 4.78 is 11.0. The Kier molecular flexibility index (Phi) is 6.58. The molecule has 0 saturated carbocycles. The van der Waals surface area contributed by atoms with Gasteiger partial charge in [0, 0.05) is 50.2 Å². The van der Waals surface area contributed by atoms with Crippen molar-refractivity contribution in [3.05, 3.63) is 59.0 Å². The Hall–Kier alpha value is -1.98. The molecule has 1 aromatic heterocycles. The summed E-state index contributed by atoms with van der Waals surface area (Å²) in [6.45, 7) is 3.08. The predicted molar refractivity (Wildman–Crippen MR) is 105 cm³/mol. The number of guanidine groups is 1. The van der Waals surface area contributed by atoms with Crippen LogP contribution in [0.25, 0.3) is 0 Å². The standard InChI is InChI=1S/C20H26ClN3O2/c1-22-19(23-10-7-18-6-3-11-26-18)24-15-20(8-12-25-13-9-20)16-4-2-5-17(21)14-16/h2-6,11,14H,7-10,12-13,15H2,1H3,(H2,22,23,24). The Balaban J connectivity index is 1.61. The van der Waals surface area contributed by atoms with Crippen LogP contribution in [-0.2, 0) is 16.6 Å². The highest BCUT2D eigenvalue weighted by molar-refractivity contribution is 6.30. The molecule has 2 N–H and O–H groups in total. The van der Waals surface area contributed by atoms with Gasteiger partial charge in [-0.05, 0) is 42.7 Å². The van der Waals surface area contributed by atoms with Gasteiger partial charge in [-0.3, -0.25) is 4.99 Å². The third kappa shape index (κ3) is 4.80. The lowest BCUT2D eigenvalue weighted by Crippen LogP contribution is -2.48. The highest BCUT2D eigenvalue weighted by Gasteiger charge is 2.34. The van der Waals surface area contributed by atoms with Crippen LogP contribution in [0.5, 0.6) is 0 Å². The van der Waals surface area contributed by atoms with Gasteiger partial charge in [-0.2, -0.15) is 0 Å². The second-order valence-electron chi connectivity index (χ2n) is 6.58. The molecule has 3 rings (SSSR count). The summed E-state index contributed by atoms with van der Waals surface area (Å²) in [6, 6.07) is 12.1. The predicted octanol–water partition coefficient (Wildman–Crippen LogP) is 3.39. The number of rotatable bonds is 6. The van der Waals surface area contributed by atoms with E-state index >= 15 is 0 Å². The quantitative estimate of drug-likeness (QED) is 0.600. The van der Waals surface area contributed by atoms with Crippen LogP contribution in [0, 0.1) is 0 Å². The van der Waals surface area contributed by atoms with E-state index in [4.69, 9.17) is 20.8 Å². The van der Waals surface area contributed by atoms with E-state index in [9.17, 15) is 0 Å². The van der Waals surface area contributed by atoms with Crippen molar-refractivity contribution in [2.24, 2.45) is 4.99 Å². The zero-order valence-corrected chi connectivity index (χ0v) is 15.9. The zero-order chi connectivity index (χ0) is 18.2. The largest absolute Gasteiger partial charge is 0.469 e. The highest BCUT2D eigenvalue weighted by atomic mass is 35.5. The van der Waals surface area contributed by atoms with Crippen molar-refractivity contribution in [2.45, 2.75) is 24.7 Å². The van der Waals surface area contributed by atoms with Crippen LogP contribution >= 0.6 is 11.6 Å². The molecule has 26 heavy (non-hydrogen) atoms. The maximum absolute atomic E-state index is 6.24. The van der Waals surface area contributed by atoms with Gasteiger partial charge >= 0.3 is 0 Å². The number of nitrogens with one attached hydrogen (secondary N) is 2. The Bertz CT molecular complexity index is 710. The lowest BCUT2D eigenvalue weighted by Gasteiger charge is -2.38. The molecule has 0 amide bonds. The van der Waals surface area contributed by atoms with Gasteiger partial charge in [0.15, 0.2) is 5.96 Å². The molecule has 0 spiro atoms. The first-order valence-corrected chi connectivity index (χ1v) is 9.40. The molecular weight excluding hydrogens is 350 g/mol. The third-order valence-electron chi connectivity index (χ3n) is 4.95. The minimum absolute atomic E-state index is 0.00177. The number of ether oxygens (including phenoxy) is 1. The number of nitrogens with zero attached hydrogens (tertiary/aromatic N) is 1. The SMILES string of the molecule is CN=C(NCCc1ccco1)NCC1(c2cccc(Cl)c2)CCOCC1. The lowest BCUT2D eigenvalue weighted by atomic mass is 9.74. The molecule has 140 valence electrons. The molecule has 1 fully saturated rings. The number of hydrogen-bond acceptors (Lipinski definition) is 3. The molecule has 1 aliphatic rings. The van der Waals surface area contributed by atoms with Gasteiger partial charge in [0.2, 0.25) is 0 Å². The van der Waals surface area contributed by atoms with E-state index in [0.29, 0.717) is 0 Å². The van der Waals surface area contributed by atoms with E-state index in [1.54, 1.807) is 13.3 Å². The number of benzene rings is 1. The van der Waals surface area contributed by atoms with Crippen LogP contribution in [0.1, 0.15) is 24.2 Å². The first-order chi connectivity index (χ1) is 12.7. The summed E-state index contributed by atoms with van der Waals surface area (Å²) >= 11 is 6.24. The van der Waals surface area contributed by atoms with Gasteiger partial charge in [-0.1, -0.05) is 23.7 Å². The fraction of sp³-hybridized carbons (Fsp3) is 0.450. The van der Waals surface area contributed by atoms with E-state index in [-0.39, 0.29) is 5.41 Å². The molecule has 0 unspecified atom stereocenters. The molecule has 1 aliphatic heterocycles. The Morgan fingerprint density at radius 1 is 1.19 bits per heavy atom.